The molecule has 4 heteroatoms. The predicted molar refractivity (Wildman–Crippen MR) is 121 cm³/mol. The molecule has 4 rings (SSSR count). The van der Waals surface area contributed by atoms with E-state index >= 15 is 0 Å². The third-order valence-electron chi connectivity index (χ3n) is 5.76. The third-order valence-corrected chi connectivity index (χ3v) is 5.76. The molecule has 152 valence electrons. The van der Waals surface area contributed by atoms with Gasteiger partial charge >= 0.3 is 0 Å². The summed E-state index contributed by atoms with van der Waals surface area (Å²) in [7, 11) is 0. The first kappa shape index (κ1) is 19.9. The number of hydrogen-bond acceptors (Lipinski definition) is 2. The molecule has 1 heterocycles. The van der Waals surface area contributed by atoms with Gasteiger partial charge in [0.1, 0.15) is 0 Å². The second-order valence-electron chi connectivity index (χ2n) is 7.93. The second kappa shape index (κ2) is 8.15. The minimum Gasteiger partial charge on any atom is -0.309 e. The van der Waals surface area contributed by atoms with Crippen molar-refractivity contribution < 1.29 is 9.59 Å². The highest BCUT2D eigenvalue weighted by Gasteiger charge is 2.37. The number of carbonyl (C=O) groups is 2. The number of anilines is 2. The fourth-order valence-electron chi connectivity index (χ4n) is 4.37. The highest BCUT2D eigenvalue weighted by Crippen LogP contribution is 2.42. The van der Waals surface area contributed by atoms with Crippen LogP contribution in [0, 0.1) is 6.92 Å². The molecule has 3 aromatic carbocycles. The molecule has 0 bridgehead atoms. The Morgan fingerprint density at radius 1 is 0.900 bits per heavy atom. The molecule has 1 aliphatic heterocycles. The Kier molecular flexibility index (Phi) is 5.40. The van der Waals surface area contributed by atoms with Gasteiger partial charge in [0.15, 0.2) is 0 Å². The molecule has 2 amide bonds. The summed E-state index contributed by atoms with van der Waals surface area (Å²) in [6, 6.07) is 25.2. The van der Waals surface area contributed by atoms with Crippen LogP contribution in [0.25, 0.3) is 0 Å². The average Bonchev–Trinajstić information content (AvgIpc) is 2.75. The number of hydrogen-bond donors (Lipinski definition) is 0. The predicted octanol–water partition coefficient (Wildman–Crippen LogP) is 5.53. The Bertz CT molecular complexity index is 1060. The van der Waals surface area contributed by atoms with Crippen LogP contribution in [0.5, 0.6) is 0 Å². The van der Waals surface area contributed by atoms with Crippen molar-refractivity contribution in [2.45, 2.75) is 39.3 Å². The van der Waals surface area contributed by atoms with E-state index in [0.29, 0.717) is 12.0 Å². The highest BCUT2D eigenvalue weighted by atomic mass is 16.2. The number of aryl methyl sites for hydroxylation is 1. The van der Waals surface area contributed by atoms with Crippen molar-refractivity contribution in [3.8, 4) is 0 Å². The van der Waals surface area contributed by atoms with Crippen molar-refractivity contribution in [3.05, 3.63) is 95.6 Å². The zero-order valence-corrected chi connectivity index (χ0v) is 17.6. The van der Waals surface area contributed by atoms with E-state index in [-0.39, 0.29) is 23.9 Å². The Balaban J connectivity index is 1.85. The van der Waals surface area contributed by atoms with Crippen LogP contribution in [0.15, 0.2) is 78.9 Å². The van der Waals surface area contributed by atoms with Crippen LogP contribution in [0.4, 0.5) is 11.4 Å². The van der Waals surface area contributed by atoms with Gasteiger partial charge in [-0.2, -0.15) is 0 Å². The molecule has 1 aliphatic rings. The summed E-state index contributed by atoms with van der Waals surface area (Å²) in [5, 5.41) is 0. The first-order valence-corrected chi connectivity index (χ1v) is 10.3. The summed E-state index contributed by atoms with van der Waals surface area (Å²) in [4.78, 5) is 29.8. The number of para-hydroxylation sites is 2. The van der Waals surface area contributed by atoms with Gasteiger partial charge in [0.05, 0.1) is 6.04 Å². The molecule has 0 aliphatic carbocycles. The van der Waals surface area contributed by atoms with E-state index in [1.54, 1.807) is 6.92 Å². The maximum atomic E-state index is 13.7. The molecule has 0 saturated carbocycles. The van der Waals surface area contributed by atoms with Gasteiger partial charge in [-0.3, -0.25) is 9.59 Å². The first-order chi connectivity index (χ1) is 14.5. The van der Waals surface area contributed by atoms with Crippen molar-refractivity contribution in [3.63, 3.8) is 0 Å². The largest absolute Gasteiger partial charge is 0.309 e. The molecule has 0 aromatic heterocycles. The van der Waals surface area contributed by atoms with Gasteiger partial charge in [0, 0.05) is 29.9 Å². The first-order valence-electron chi connectivity index (χ1n) is 10.3. The van der Waals surface area contributed by atoms with E-state index in [4.69, 9.17) is 0 Å². The number of amides is 2. The SMILES string of the molecule is CC(=O)N1c2ccccc2[C@H](N(C(=O)c2ccc(C)cc2)c2ccccc2)C[C@H]1C. The number of fused-ring (bicyclic) bond motifs is 1. The van der Waals surface area contributed by atoms with E-state index in [2.05, 4.69) is 0 Å². The van der Waals surface area contributed by atoms with Gasteiger partial charge < -0.3 is 9.80 Å². The zero-order valence-electron chi connectivity index (χ0n) is 17.6. The Labute approximate surface area is 177 Å². The van der Waals surface area contributed by atoms with Gasteiger partial charge in [-0.1, -0.05) is 54.1 Å². The normalized spacial score (nSPS) is 17.9. The lowest BCUT2D eigenvalue weighted by Gasteiger charge is -2.43. The van der Waals surface area contributed by atoms with E-state index in [9.17, 15) is 9.59 Å². The van der Waals surface area contributed by atoms with Crippen LogP contribution < -0.4 is 9.80 Å². The number of benzene rings is 3. The van der Waals surface area contributed by atoms with Gasteiger partial charge in [0.2, 0.25) is 5.91 Å². The number of carbonyl (C=O) groups excluding carboxylic acids is 2. The lowest BCUT2D eigenvalue weighted by Crippen LogP contribution is -2.47. The topological polar surface area (TPSA) is 40.6 Å². The van der Waals surface area contributed by atoms with Gasteiger partial charge in [-0.15, -0.1) is 0 Å². The van der Waals surface area contributed by atoms with Crippen molar-refractivity contribution in [1.29, 1.82) is 0 Å². The Morgan fingerprint density at radius 3 is 2.20 bits per heavy atom. The quantitative estimate of drug-likeness (QED) is 0.582. The molecule has 0 fully saturated rings. The third kappa shape index (κ3) is 3.61. The standard InChI is InChI=1S/C26H26N2O2/c1-18-13-15-21(16-14-18)26(30)28(22-9-5-4-6-10-22)25-17-19(2)27(20(3)29)24-12-8-7-11-23(24)25/h4-16,19,25H,17H2,1-3H3/t19-,25-/m1/s1. The van der Waals surface area contributed by atoms with Crippen molar-refractivity contribution in [2.24, 2.45) is 0 Å². The van der Waals surface area contributed by atoms with Crippen LogP contribution in [-0.4, -0.2) is 17.9 Å². The second-order valence-corrected chi connectivity index (χ2v) is 7.93. The molecule has 4 nitrogen and oxygen atoms in total. The summed E-state index contributed by atoms with van der Waals surface area (Å²) in [5.74, 6) is -0.0194. The van der Waals surface area contributed by atoms with Crippen LogP contribution in [0.3, 0.4) is 0 Å². The molecule has 0 N–H and O–H groups in total. The smallest absolute Gasteiger partial charge is 0.258 e. The van der Waals surface area contributed by atoms with Gasteiger partial charge in [0.25, 0.3) is 5.91 Å². The molecule has 30 heavy (non-hydrogen) atoms. The molecule has 3 aromatic rings. The fraction of sp³-hybridized carbons (Fsp3) is 0.231. The van der Waals surface area contributed by atoms with Crippen LogP contribution >= 0.6 is 0 Å². The molecule has 0 spiro atoms. The lowest BCUT2D eigenvalue weighted by molar-refractivity contribution is -0.117. The molecular formula is C26H26N2O2. The molecular weight excluding hydrogens is 372 g/mol. The fourth-order valence-corrected chi connectivity index (χ4v) is 4.37. The Morgan fingerprint density at radius 2 is 1.53 bits per heavy atom. The highest BCUT2D eigenvalue weighted by molar-refractivity contribution is 6.07. The number of rotatable bonds is 3. The van der Waals surface area contributed by atoms with Crippen LogP contribution in [0.1, 0.15) is 47.8 Å². The summed E-state index contributed by atoms with van der Waals surface area (Å²) in [5.41, 5.74) is 4.50. The average molecular weight is 399 g/mol. The van der Waals surface area contributed by atoms with Gasteiger partial charge in [-0.05, 0) is 56.2 Å². The number of nitrogens with zero attached hydrogens (tertiary/aromatic N) is 2. The zero-order chi connectivity index (χ0) is 21.3. The maximum absolute atomic E-state index is 13.7. The molecule has 0 saturated heterocycles. The molecule has 2 atom stereocenters. The molecule has 0 radical (unpaired) electrons. The Hall–Kier alpha value is -3.40. The maximum Gasteiger partial charge on any atom is 0.258 e. The van der Waals surface area contributed by atoms with E-state index < -0.39 is 0 Å². The van der Waals surface area contributed by atoms with E-state index in [1.807, 2.05) is 103 Å². The minimum atomic E-state index is -0.164. The van der Waals surface area contributed by atoms with Crippen molar-refractivity contribution in [2.75, 3.05) is 9.80 Å². The van der Waals surface area contributed by atoms with E-state index in [1.165, 1.54) is 0 Å². The minimum absolute atomic E-state index is 0.0144. The van der Waals surface area contributed by atoms with Crippen molar-refractivity contribution >= 4 is 23.2 Å². The van der Waals surface area contributed by atoms with Crippen LogP contribution in [-0.2, 0) is 4.79 Å². The summed E-state index contributed by atoms with van der Waals surface area (Å²) in [6.45, 7) is 5.66. The molecule has 0 unspecified atom stereocenters. The lowest BCUT2D eigenvalue weighted by atomic mass is 9.89. The summed E-state index contributed by atoms with van der Waals surface area (Å²) < 4.78 is 0. The van der Waals surface area contributed by atoms with Gasteiger partial charge in [-0.25, -0.2) is 0 Å². The van der Waals surface area contributed by atoms with Crippen molar-refractivity contribution in [1.82, 2.24) is 0 Å². The van der Waals surface area contributed by atoms with Crippen LogP contribution in [0.2, 0.25) is 0 Å². The summed E-state index contributed by atoms with van der Waals surface area (Å²) in [6.07, 6.45) is 0.670. The monoisotopic (exact) mass is 398 g/mol. The van der Waals surface area contributed by atoms with E-state index in [0.717, 1.165) is 22.5 Å². The summed E-state index contributed by atoms with van der Waals surface area (Å²) >= 11 is 0.